The number of carbonyl (C=O) groups excluding carboxylic acids is 1. The largest absolute Gasteiger partial charge is 0.507 e. The number of hydrogen-bond donors (Lipinski definition) is 2. The van der Waals surface area contributed by atoms with Gasteiger partial charge in [0.2, 0.25) is 0 Å². The van der Waals surface area contributed by atoms with Crippen LogP contribution >= 0.6 is 0 Å². The van der Waals surface area contributed by atoms with Crippen molar-refractivity contribution in [2.24, 2.45) is 0 Å². The van der Waals surface area contributed by atoms with Crippen LogP contribution in [0.25, 0.3) is 6.08 Å². The van der Waals surface area contributed by atoms with Crippen LogP contribution in [0.1, 0.15) is 11.1 Å². The van der Waals surface area contributed by atoms with Crippen molar-refractivity contribution in [3.05, 3.63) is 65.2 Å². The summed E-state index contributed by atoms with van der Waals surface area (Å²) in [7, 11) is 1.58. The summed E-state index contributed by atoms with van der Waals surface area (Å²) >= 11 is 0. The highest BCUT2D eigenvalue weighted by Crippen LogP contribution is 2.19. The SMILES string of the molecule is COc1ccc(CNC(=O)/C(C#N)=C\c2ccccc2O)cc1. The summed E-state index contributed by atoms with van der Waals surface area (Å²) in [5.41, 5.74) is 1.24. The van der Waals surface area contributed by atoms with E-state index in [2.05, 4.69) is 5.32 Å². The van der Waals surface area contributed by atoms with E-state index < -0.39 is 5.91 Å². The Morgan fingerprint density at radius 3 is 2.57 bits per heavy atom. The number of amides is 1. The second-order valence-corrected chi connectivity index (χ2v) is 4.76. The third-order valence-corrected chi connectivity index (χ3v) is 3.21. The van der Waals surface area contributed by atoms with Crippen molar-refractivity contribution in [3.63, 3.8) is 0 Å². The maximum Gasteiger partial charge on any atom is 0.262 e. The van der Waals surface area contributed by atoms with Crippen molar-refractivity contribution in [2.75, 3.05) is 7.11 Å². The Kier molecular flexibility index (Phi) is 5.37. The molecular weight excluding hydrogens is 292 g/mol. The number of nitrogens with one attached hydrogen (secondary N) is 1. The maximum atomic E-state index is 12.1. The van der Waals surface area contributed by atoms with Crippen LogP contribution in [0.4, 0.5) is 0 Å². The van der Waals surface area contributed by atoms with Crippen molar-refractivity contribution >= 4 is 12.0 Å². The molecule has 2 aromatic carbocycles. The van der Waals surface area contributed by atoms with Crippen molar-refractivity contribution in [2.45, 2.75) is 6.54 Å². The second-order valence-electron chi connectivity index (χ2n) is 4.76. The fraction of sp³-hybridized carbons (Fsp3) is 0.111. The van der Waals surface area contributed by atoms with Gasteiger partial charge in [-0.15, -0.1) is 0 Å². The third-order valence-electron chi connectivity index (χ3n) is 3.21. The van der Waals surface area contributed by atoms with E-state index in [0.717, 1.165) is 11.3 Å². The van der Waals surface area contributed by atoms with Gasteiger partial charge in [0, 0.05) is 12.1 Å². The minimum absolute atomic E-state index is 0.0169. The van der Waals surface area contributed by atoms with Crippen molar-refractivity contribution in [3.8, 4) is 17.6 Å². The topological polar surface area (TPSA) is 82.3 Å². The van der Waals surface area contributed by atoms with Crippen molar-refractivity contribution < 1.29 is 14.6 Å². The predicted molar refractivity (Wildman–Crippen MR) is 86.5 cm³/mol. The van der Waals surface area contributed by atoms with Gasteiger partial charge in [0.25, 0.3) is 5.91 Å². The number of ether oxygens (including phenoxy) is 1. The first-order valence-corrected chi connectivity index (χ1v) is 6.95. The van der Waals surface area contributed by atoms with Gasteiger partial charge < -0.3 is 15.2 Å². The van der Waals surface area contributed by atoms with Gasteiger partial charge in [0.05, 0.1) is 7.11 Å². The molecule has 2 N–H and O–H groups in total. The van der Waals surface area contributed by atoms with Gasteiger partial charge in [-0.05, 0) is 29.8 Å². The molecule has 2 aromatic rings. The minimum atomic E-state index is -0.494. The van der Waals surface area contributed by atoms with Gasteiger partial charge in [0.15, 0.2) is 0 Å². The average molecular weight is 308 g/mol. The van der Waals surface area contributed by atoms with E-state index in [1.165, 1.54) is 12.1 Å². The smallest absolute Gasteiger partial charge is 0.262 e. The fourth-order valence-electron chi connectivity index (χ4n) is 1.93. The Bertz CT molecular complexity index is 759. The number of carbonyl (C=O) groups is 1. The first-order chi connectivity index (χ1) is 11.1. The van der Waals surface area contributed by atoms with Crippen LogP contribution in [0.3, 0.4) is 0 Å². The standard InChI is InChI=1S/C18H16N2O3/c1-23-16-8-6-13(7-9-16)12-20-18(22)15(11-19)10-14-4-2-3-5-17(14)21/h2-10,21H,12H2,1H3,(H,20,22)/b15-10-. The van der Waals surface area contributed by atoms with E-state index >= 15 is 0 Å². The molecular formula is C18H16N2O3. The van der Waals surface area contributed by atoms with Crippen LogP contribution in [0.15, 0.2) is 54.1 Å². The summed E-state index contributed by atoms with van der Waals surface area (Å²) in [4.78, 5) is 12.1. The Morgan fingerprint density at radius 1 is 1.26 bits per heavy atom. The summed E-state index contributed by atoms with van der Waals surface area (Å²) in [5.74, 6) is 0.256. The maximum absolute atomic E-state index is 12.1. The van der Waals surface area contributed by atoms with Gasteiger partial charge in [-0.2, -0.15) is 5.26 Å². The molecule has 23 heavy (non-hydrogen) atoms. The van der Waals surface area contributed by atoms with Gasteiger partial charge in [-0.25, -0.2) is 0 Å². The summed E-state index contributed by atoms with van der Waals surface area (Å²) in [6.07, 6.45) is 1.36. The normalized spacial score (nSPS) is 10.7. The quantitative estimate of drug-likeness (QED) is 0.657. The Balaban J connectivity index is 2.05. The number of benzene rings is 2. The van der Waals surface area contributed by atoms with Crippen LogP contribution in [0.2, 0.25) is 0 Å². The molecule has 0 heterocycles. The lowest BCUT2D eigenvalue weighted by Gasteiger charge is -2.06. The fourth-order valence-corrected chi connectivity index (χ4v) is 1.93. The van der Waals surface area contributed by atoms with Gasteiger partial charge >= 0.3 is 0 Å². The number of nitriles is 1. The highest BCUT2D eigenvalue weighted by Gasteiger charge is 2.10. The Morgan fingerprint density at radius 2 is 1.96 bits per heavy atom. The van der Waals surface area contributed by atoms with E-state index in [-0.39, 0.29) is 11.3 Å². The molecule has 0 aliphatic rings. The number of hydrogen-bond acceptors (Lipinski definition) is 4. The number of methoxy groups -OCH3 is 1. The molecule has 0 saturated heterocycles. The van der Waals surface area contributed by atoms with E-state index in [4.69, 9.17) is 10.00 Å². The molecule has 0 spiro atoms. The molecule has 0 bridgehead atoms. The van der Waals surface area contributed by atoms with E-state index in [9.17, 15) is 9.90 Å². The second kappa shape index (κ2) is 7.66. The molecule has 5 nitrogen and oxygen atoms in total. The first-order valence-electron chi connectivity index (χ1n) is 6.95. The molecule has 0 aliphatic heterocycles. The number of para-hydroxylation sites is 1. The van der Waals surface area contributed by atoms with E-state index in [1.54, 1.807) is 37.4 Å². The number of rotatable bonds is 5. The number of phenols is 1. The molecule has 0 radical (unpaired) electrons. The van der Waals surface area contributed by atoms with Crippen LogP contribution in [0.5, 0.6) is 11.5 Å². The summed E-state index contributed by atoms with van der Waals surface area (Å²) in [6, 6.07) is 15.6. The lowest BCUT2D eigenvalue weighted by Crippen LogP contribution is -2.23. The molecule has 0 atom stereocenters. The molecule has 1 amide bonds. The van der Waals surface area contributed by atoms with Crippen LogP contribution in [0, 0.1) is 11.3 Å². The summed E-state index contributed by atoms with van der Waals surface area (Å²) in [6.45, 7) is 0.294. The highest BCUT2D eigenvalue weighted by atomic mass is 16.5. The molecule has 0 aromatic heterocycles. The Labute approximate surface area is 134 Å². The van der Waals surface area contributed by atoms with Crippen LogP contribution in [-0.4, -0.2) is 18.1 Å². The number of nitrogens with zero attached hydrogens (tertiary/aromatic N) is 1. The molecule has 0 fully saturated rings. The third kappa shape index (κ3) is 4.35. The number of phenolic OH excluding ortho intramolecular Hbond substituents is 1. The zero-order valence-electron chi connectivity index (χ0n) is 12.6. The Hall–Kier alpha value is -3.26. The average Bonchev–Trinajstić information content (AvgIpc) is 2.59. The molecule has 5 heteroatoms. The van der Waals surface area contributed by atoms with Crippen LogP contribution < -0.4 is 10.1 Å². The van der Waals surface area contributed by atoms with E-state index in [1.807, 2.05) is 18.2 Å². The zero-order chi connectivity index (χ0) is 16.7. The highest BCUT2D eigenvalue weighted by molar-refractivity contribution is 6.01. The molecule has 0 unspecified atom stereocenters. The van der Waals surface area contributed by atoms with Gasteiger partial charge in [-0.1, -0.05) is 30.3 Å². The van der Waals surface area contributed by atoms with Crippen molar-refractivity contribution in [1.82, 2.24) is 5.32 Å². The summed E-state index contributed by atoms with van der Waals surface area (Å²) < 4.78 is 5.06. The van der Waals surface area contributed by atoms with Crippen molar-refractivity contribution in [1.29, 1.82) is 5.26 Å². The molecule has 2 rings (SSSR count). The van der Waals surface area contributed by atoms with Gasteiger partial charge in [0.1, 0.15) is 23.1 Å². The zero-order valence-corrected chi connectivity index (χ0v) is 12.6. The van der Waals surface area contributed by atoms with E-state index in [0.29, 0.717) is 12.1 Å². The lowest BCUT2D eigenvalue weighted by molar-refractivity contribution is -0.117. The lowest BCUT2D eigenvalue weighted by atomic mass is 10.1. The van der Waals surface area contributed by atoms with Gasteiger partial charge in [-0.3, -0.25) is 4.79 Å². The minimum Gasteiger partial charge on any atom is -0.507 e. The number of aromatic hydroxyl groups is 1. The monoisotopic (exact) mass is 308 g/mol. The molecule has 0 aliphatic carbocycles. The van der Waals surface area contributed by atoms with Crippen LogP contribution in [-0.2, 0) is 11.3 Å². The molecule has 116 valence electrons. The first kappa shape index (κ1) is 16.1. The molecule has 0 saturated carbocycles. The summed E-state index contributed by atoms with van der Waals surface area (Å²) in [5, 5.41) is 21.5. The predicted octanol–water partition coefficient (Wildman–Crippen LogP) is 2.62.